The smallest absolute Gasteiger partial charge is 0.227 e. The van der Waals surface area contributed by atoms with Gasteiger partial charge < -0.3 is 14.5 Å². The summed E-state index contributed by atoms with van der Waals surface area (Å²) in [4.78, 5) is 17.0. The number of nitrogens with zero attached hydrogens (tertiary/aromatic N) is 2. The minimum absolute atomic E-state index is 0.225. The third-order valence-corrected chi connectivity index (χ3v) is 4.92. The summed E-state index contributed by atoms with van der Waals surface area (Å²) >= 11 is 0. The van der Waals surface area contributed by atoms with Crippen molar-refractivity contribution in [1.82, 2.24) is 4.90 Å². The number of benzene rings is 2. The maximum atomic E-state index is 12.6. The normalized spacial score (nSPS) is 14.5. The van der Waals surface area contributed by atoms with Crippen LogP contribution in [0.3, 0.4) is 0 Å². The Bertz CT molecular complexity index is 732. The molecule has 1 aliphatic heterocycles. The average molecular weight is 338 g/mol. The molecule has 1 aliphatic rings. The average Bonchev–Trinajstić information content (AvgIpc) is 2.65. The highest BCUT2D eigenvalue weighted by Gasteiger charge is 2.21. The van der Waals surface area contributed by atoms with E-state index in [9.17, 15) is 4.79 Å². The molecule has 0 aliphatic carbocycles. The first-order chi connectivity index (χ1) is 12.1. The predicted molar refractivity (Wildman–Crippen MR) is 101 cm³/mol. The van der Waals surface area contributed by atoms with Crippen molar-refractivity contribution in [2.45, 2.75) is 20.3 Å². The molecule has 0 unspecified atom stereocenters. The van der Waals surface area contributed by atoms with E-state index in [1.165, 1.54) is 16.8 Å². The van der Waals surface area contributed by atoms with E-state index in [0.29, 0.717) is 6.42 Å². The zero-order valence-corrected chi connectivity index (χ0v) is 15.3. The minimum atomic E-state index is 0.225. The Morgan fingerprint density at radius 1 is 1.00 bits per heavy atom. The molecule has 1 heterocycles. The predicted octanol–water partition coefficient (Wildman–Crippen LogP) is 3.20. The van der Waals surface area contributed by atoms with E-state index in [1.807, 2.05) is 17.0 Å². The molecule has 1 saturated heterocycles. The van der Waals surface area contributed by atoms with E-state index >= 15 is 0 Å². The first-order valence-electron chi connectivity index (χ1n) is 8.80. The maximum absolute atomic E-state index is 12.6. The number of methoxy groups -OCH3 is 1. The Morgan fingerprint density at radius 2 is 1.68 bits per heavy atom. The Kier molecular flexibility index (Phi) is 5.27. The molecule has 0 saturated carbocycles. The van der Waals surface area contributed by atoms with Gasteiger partial charge in [0, 0.05) is 31.9 Å². The molecule has 1 fully saturated rings. The van der Waals surface area contributed by atoms with Gasteiger partial charge in [-0.1, -0.05) is 23.8 Å². The van der Waals surface area contributed by atoms with Crippen molar-refractivity contribution in [3.63, 3.8) is 0 Å². The van der Waals surface area contributed by atoms with Crippen molar-refractivity contribution in [1.29, 1.82) is 0 Å². The van der Waals surface area contributed by atoms with Gasteiger partial charge in [0.2, 0.25) is 5.91 Å². The summed E-state index contributed by atoms with van der Waals surface area (Å²) in [5.41, 5.74) is 4.72. The molecule has 0 bridgehead atoms. The summed E-state index contributed by atoms with van der Waals surface area (Å²) < 4.78 is 5.21. The number of amides is 1. The molecule has 0 N–H and O–H groups in total. The molecular formula is C21H26N2O2. The molecule has 2 aromatic carbocycles. The Morgan fingerprint density at radius 3 is 2.32 bits per heavy atom. The van der Waals surface area contributed by atoms with Crippen molar-refractivity contribution in [2.75, 3.05) is 38.2 Å². The fraction of sp³-hybridized carbons (Fsp3) is 0.381. The number of rotatable bonds is 4. The maximum Gasteiger partial charge on any atom is 0.227 e. The summed E-state index contributed by atoms with van der Waals surface area (Å²) in [5, 5.41) is 0. The van der Waals surface area contributed by atoms with Crippen LogP contribution in [0.15, 0.2) is 42.5 Å². The van der Waals surface area contributed by atoms with Crippen molar-refractivity contribution in [3.8, 4) is 5.75 Å². The van der Waals surface area contributed by atoms with Gasteiger partial charge in [-0.3, -0.25) is 4.79 Å². The van der Waals surface area contributed by atoms with Gasteiger partial charge in [-0.2, -0.15) is 0 Å². The van der Waals surface area contributed by atoms with Gasteiger partial charge in [0.1, 0.15) is 5.75 Å². The van der Waals surface area contributed by atoms with Crippen LogP contribution in [-0.4, -0.2) is 44.1 Å². The third kappa shape index (κ3) is 4.13. The van der Waals surface area contributed by atoms with Gasteiger partial charge in [0.05, 0.1) is 13.5 Å². The second-order valence-corrected chi connectivity index (χ2v) is 6.67. The van der Waals surface area contributed by atoms with E-state index in [-0.39, 0.29) is 5.91 Å². The van der Waals surface area contributed by atoms with Gasteiger partial charge in [0.25, 0.3) is 0 Å². The topological polar surface area (TPSA) is 32.8 Å². The summed E-state index contributed by atoms with van der Waals surface area (Å²) in [7, 11) is 1.68. The van der Waals surface area contributed by atoms with E-state index in [1.54, 1.807) is 7.11 Å². The molecule has 4 nitrogen and oxygen atoms in total. The molecule has 132 valence electrons. The minimum Gasteiger partial charge on any atom is -0.497 e. The Hall–Kier alpha value is -2.49. The van der Waals surface area contributed by atoms with Crippen LogP contribution in [0.25, 0.3) is 0 Å². The highest BCUT2D eigenvalue weighted by atomic mass is 16.5. The number of hydrogen-bond acceptors (Lipinski definition) is 3. The van der Waals surface area contributed by atoms with Crippen LogP contribution >= 0.6 is 0 Å². The molecular weight excluding hydrogens is 312 g/mol. The Labute approximate surface area is 150 Å². The third-order valence-electron chi connectivity index (χ3n) is 4.92. The first-order valence-corrected chi connectivity index (χ1v) is 8.80. The number of ether oxygens (including phenoxy) is 1. The SMILES string of the molecule is COc1ccc(N2CCN(C(=O)Cc3cc(C)ccc3C)CC2)cc1. The monoisotopic (exact) mass is 338 g/mol. The lowest BCUT2D eigenvalue weighted by atomic mass is 10.0. The van der Waals surface area contributed by atoms with Crippen molar-refractivity contribution in [2.24, 2.45) is 0 Å². The molecule has 0 atom stereocenters. The summed E-state index contributed by atoms with van der Waals surface area (Å²) in [5.74, 6) is 1.09. The number of carbonyl (C=O) groups excluding carboxylic acids is 1. The van der Waals surface area contributed by atoms with E-state index in [4.69, 9.17) is 4.74 Å². The lowest BCUT2D eigenvalue weighted by Gasteiger charge is -2.36. The fourth-order valence-corrected chi connectivity index (χ4v) is 3.27. The van der Waals surface area contributed by atoms with Crippen LogP contribution in [-0.2, 0) is 11.2 Å². The molecule has 0 spiro atoms. The highest BCUT2D eigenvalue weighted by molar-refractivity contribution is 5.79. The highest BCUT2D eigenvalue weighted by Crippen LogP contribution is 2.21. The number of aryl methyl sites for hydroxylation is 2. The second kappa shape index (κ2) is 7.60. The zero-order chi connectivity index (χ0) is 17.8. The largest absolute Gasteiger partial charge is 0.497 e. The molecule has 0 aromatic heterocycles. The van der Waals surface area contributed by atoms with Crippen LogP contribution in [0.2, 0.25) is 0 Å². The summed E-state index contributed by atoms with van der Waals surface area (Å²) in [6, 6.07) is 14.4. The first kappa shape index (κ1) is 17.3. The van der Waals surface area contributed by atoms with Gasteiger partial charge in [-0.05, 0) is 49.2 Å². The molecule has 2 aromatic rings. The zero-order valence-electron chi connectivity index (χ0n) is 15.3. The summed E-state index contributed by atoms with van der Waals surface area (Å²) in [6.07, 6.45) is 0.496. The summed E-state index contributed by atoms with van der Waals surface area (Å²) in [6.45, 7) is 7.42. The molecule has 4 heteroatoms. The van der Waals surface area contributed by atoms with Crippen LogP contribution in [0.1, 0.15) is 16.7 Å². The Balaban J connectivity index is 1.57. The van der Waals surface area contributed by atoms with Gasteiger partial charge in [-0.15, -0.1) is 0 Å². The quantitative estimate of drug-likeness (QED) is 0.858. The van der Waals surface area contributed by atoms with Gasteiger partial charge >= 0.3 is 0 Å². The molecule has 0 radical (unpaired) electrons. The molecule has 25 heavy (non-hydrogen) atoms. The van der Waals surface area contributed by atoms with Crippen LogP contribution in [0, 0.1) is 13.8 Å². The number of piperazine rings is 1. The van der Waals surface area contributed by atoms with Crippen LogP contribution in [0.5, 0.6) is 5.75 Å². The molecule has 3 rings (SSSR count). The van der Waals surface area contributed by atoms with Crippen molar-refractivity contribution >= 4 is 11.6 Å². The van der Waals surface area contributed by atoms with Crippen molar-refractivity contribution < 1.29 is 9.53 Å². The number of hydrogen-bond donors (Lipinski definition) is 0. The van der Waals surface area contributed by atoms with E-state index in [2.05, 4.69) is 49.1 Å². The fourth-order valence-electron chi connectivity index (χ4n) is 3.27. The van der Waals surface area contributed by atoms with Crippen LogP contribution < -0.4 is 9.64 Å². The molecule has 1 amide bonds. The number of anilines is 1. The lowest BCUT2D eigenvalue weighted by molar-refractivity contribution is -0.130. The second-order valence-electron chi connectivity index (χ2n) is 6.67. The van der Waals surface area contributed by atoms with E-state index in [0.717, 1.165) is 37.5 Å². The van der Waals surface area contributed by atoms with Crippen LogP contribution in [0.4, 0.5) is 5.69 Å². The lowest BCUT2D eigenvalue weighted by Crippen LogP contribution is -2.49. The number of carbonyl (C=O) groups is 1. The van der Waals surface area contributed by atoms with Crippen molar-refractivity contribution in [3.05, 3.63) is 59.2 Å². The van der Waals surface area contributed by atoms with E-state index < -0.39 is 0 Å². The van der Waals surface area contributed by atoms with Gasteiger partial charge in [0.15, 0.2) is 0 Å². The van der Waals surface area contributed by atoms with Gasteiger partial charge in [-0.25, -0.2) is 0 Å². The standard InChI is InChI=1S/C21H26N2O2/c1-16-4-5-17(2)18(14-16)15-21(24)23-12-10-22(11-13-23)19-6-8-20(25-3)9-7-19/h4-9,14H,10-13,15H2,1-3H3.